The van der Waals surface area contributed by atoms with Gasteiger partial charge in [-0.2, -0.15) is 0 Å². The number of hydrogen-bond acceptors (Lipinski definition) is 3. The first-order valence-corrected chi connectivity index (χ1v) is 5.50. The Morgan fingerprint density at radius 2 is 2.29 bits per heavy atom. The van der Waals surface area contributed by atoms with Crippen molar-refractivity contribution in [2.75, 3.05) is 25.5 Å². The Morgan fingerprint density at radius 3 is 2.94 bits per heavy atom. The molecule has 17 heavy (non-hydrogen) atoms. The highest BCUT2D eigenvalue weighted by Gasteiger charge is 2.41. The molecular weight excluding hydrogens is 223 g/mol. The molecule has 0 saturated carbocycles. The second-order valence-corrected chi connectivity index (χ2v) is 4.05. The molecule has 1 fully saturated rings. The van der Waals surface area contributed by atoms with Gasteiger partial charge in [0.2, 0.25) is 5.67 Å². The molecule has 1 aromatic carbocycles. The number of benzene rings is 1. The van der Waals surface area contributed by atoms with Crippen LogP contribution in [0.25, 0.3) is 0 Å². The Bertz CT molecular complexity index is 417. The van der Waals surface area contributed by atoms with E-state index < -0.39 is 11.6 Å². The Balaban J connectivity index is 2.12. The molecule has 1 saturated heterocycles. The Hall–Kier alpha value is -1.62. The molecular formula is C12H15FN2O2. The summed E-state index contributed by atoms with van der Waals surface area (Å²) in [4.78, 5) is 11.8. The van der Waals surface area contributed by atoms with Gasteiger partial charge in [-0.1, -0.05) is 12.1 Å². The van der Waals surface area contributed by atoms with Gasteiger partial charge in [0.15, 0.2) is 0 Å². The lowest BCUT2D eigenvalue weighted by Crippen LogP contribution is -2.40. The lowest BCUT2D eigenvalue weighted by Gasteiger charge is -2.18. The zero-order valence-corrected chi connectivity index (χ0v) is 9.63. The standard InChI is InChI=1S/C12H15FN2O2/c1-17-10-5-3-2-4-9(10)15-11(16)12(13)6-7-14-8-12/h2-5,14H,6-8H2,1H3,(H,15,16). The molecule has 0 bridgehead atoms. The number of amides is 1. The minimum absolute atomic E-state index is 0.0635. The molecule has 4 nitrogen and oxygen atoms in total. The molecule has 1 aromatic rings. The van der Waals surface area contributed by atoms with Gasteiger partial charge in [0.1, 0.15) is 5.75 Å². The summed E-state index contributed by atoms with van der Waals surface area (Å²) in [5, 5.41) is 5.41. The number of nitrogens with one attached hydrogen (secondary N) is 2. The van der Waals surface area contributed by atoms with Crippen LogP contribution < -0.4 is 15.4 Å². The van der Waals surface area contributed by atoms with Crippen molar-refractivity contribution >= 4 is 11.6 Å². The summed E-state index contributed by atoms with van der Waals surface area (Å²) in [6, 6.07) is 6.95. The van der Waals surface area contributed by atoms with Gasteiger partial charge in [0.25, 0.3) is 5.91 Å². The van der Waals surface area contributed by atoms with E-state index in [-0.39, 0.29) is 13.0 Å². The Morgan fingerprint density at radius 1 is 1.53 bits per heavy atom. The topological polar surface area (TPSA) is 50.4 Å². The van der Waals surface area contributed by atoms with Gasteiger partial charge in [0.05, 0.1) is 12.8 Å². The number of methoxy groups -OCH3 is 1. The fourth-order valence-corrected chi connectivity index (χ4v) is 1.84. The molecule has 2 N–H and O–H groups in total. The number of rotatable bonds is 3. The van der Waals surface area contributed by atoms with Crippen LogP contribution in [0.2, 0.25) is 0 Å². The molecule has 1 atom stereocenters. The summed E-state index contributed by atoms with van der Waals surface area (Å²) < 4.78 is 19.2. The molecule has 92 valence electrons. The Labute approximate surface area is 99.2 Å². The molecule has 0 radical (unpaired) electrons. The van der Waals surface area contributed by atoms with Crippen LogP contribution in [-0.2, 0) is 4.79 Å². The van der Waals surface area contributed by atoms with E-state index in [1.54, 1.807) is 24.3 Å². The maximum absolute atomic E-state index is 14.1. The zero-order chi connectivity index (χ0) is 12.3. The fraction of sp³-hybridized carbons (Fsp3) is 0.417. The average Bonchev–Trinajstić information content (AvgIpc) is 2.78. The van der Waals surface area contributed by atoms with E-state index in [0.717, 1.165) is 0 Å². The van der Waals surface area contributed by atoms with E-state index in [2.05, 4.69) is 10.6 Å². The number of ether oxygens (including phenoxy) is 1. The number of carbonyl (C=O) groups is 1. The number of halogens is 1. The van der Waals surface area contributed by atoms with Crippen LogP contribution in [0.5, 0.6) is 5.75 Å². The van der Waals surface area contributed by atoms with Gasteiger partial charge in [-0.25, -0.2) is 4.39 Å². The first-order chi connectivity index (χ1) is 8.15. The van der Waals surface area contributed by atoms with E-state index in [4.69, 9.17) is 4.74 Å². The average molecular weight is 238 g/mol. The summed E-state index contributed by atoms with van der Waals surface area (Å²) in [5.74, 6) is -0.0950. The van der Waals surface area contributed by atoms with Gasteiger partial charge in [-0.3, -0.25) is 4.79 Å². The summed E-state index contributed by atoms with van der Waals surface area (Å²) in [7, 11) is 1.51. The van der Waals surface area contributed by atoms with Crippen LogP contribution in [0.4, 0.5) is 10.1 Å². The SMILES string of the molecule is COc1ccccc1NC(=O)C1(F)CCNC1. The third-order valence-electron chi connectivity index (χ3n) is 2.87. The third-order valence-corrected chi connectivity index (χ3v) is 2.87. The van der Waals surface area contributed by atoms with Crippen molar-refractivity contribution in [1.82, 2.24) is 5.32 Å². The van der Waals surface area contributed by atoms with Gasteiger partial charge < -0.3 is 15.4 Å². The smallest absolute Gasteiger partial charge is 0.263 e. The third kappa shape index (κ3) is 2.39. The molecule has 1 amide bonds. The van der Waals surface area contributed by atoms with Crippen molar-refractivity contribution in [1.29, 1.82) is 0 Å². The molecule has 1 unspecified atom stereocenters. The summed E-state index contributed by atoms with van der Waals surface area (Å²) >= 11 is 0. The highest BCUT2D eigenvalue weighted by Crippen LogP contribution is 2.27. The molecule has 1 aliphatic rings. The zero-order valence-electron chi connectivity index (χ0n) is 9.63. The molecule has 5 heteroatoms. The number of para-hydroxylation sites is 2. The molecule has 0 aromatic heterocycles. The van der Waals surface area contributed by atoms with E-state index in [1.807, 2.05) is 0 Å². The monoisotopic (exact) mass is 238 g/mol. The maximum Gasteiger partial charge on any atom is 0.263 e. The van der Waals surface area contributed by atoms with Crippen LogP contribution in [0.1, 0.15) is 6.42 Å². The van der Waals surface area contributed by atoms with Gasteiger partial charge >= 0.3 is 0 Å². The lowest BCUT2D eigenvalue weighted by molar-refractivity contribution is -0.126. The van der Waals surface area contributed by atoms with Crippen LogP contribution in [0, 0.1) is 0 Å². The molecule has 2 rings (SSSR count). The normalized spacial score (nSPS) is 23.4. The first kappa shape index (κ1) is 11.9. The van der Waals surface area contributed by atoms with Crippen LogP contribution >= 0.6 is 0 Å². The Kier molecular flexibility index (Phi) is 3.28. The molecule has 0 spiro atoms. The van der Waals surface area contributed by atoms with Crippen molar-refractivity contribution < 1.29 is 13.9 Å². The van der Waals surface area contributed by atoms with Crippen molar-refractivity contribution in [2.24, 2.45) is 0 Å². The van der Waals surface area contributed by atoms with E-state index in [0.29, 0.717) is 18.0 Å². The van der Waals surface area contributed by atoms with Gasteiger partial charge in [-0.05, 0) is 18.7 Å². The lowest BCUT2D eigenvalue weighted by atomic mass is 10.0. The quantitative estimate of drug-likeness (QED) is 0.835. The highest BCUT2D eigenvalue weighted by atomic mass is 19.1. The summed E-state index contributed by atoms with van der Waals surface area (Å²) in [5.41, 5.74) is -1.33. The maximum atomic E-state index is 14.1. The number of hydrogen-bond donors (Lipinski definition) is 2. The predicted octanol–water partition coefficient (Wildman–Crippen LogP) is 1.34. The van der Waals surface area contributed by atoms with Crippen molar-refractivity contribution in [3.8, 4) is 5.75 Å². The molecule has 0 aliphatic carbocycles. The van der Waals surface area contributed by atoms with Crippen molar-refractivity contribution in [2.45, 2.75) is 12.1 Å². The second kappa shape index (κ2) is 4.71. The largest absolute Gasteiger partial charge is 0.495 e. The predicted molar refractivity (Wildman–Crippen MR) is 62.9 cm³/mol. The van der Waals surface area contributed by atoms with Crippen LogP contribution in [-0.4, -0.2) is 31.8 Å². The van der Waals surface area contributed by atoms with E-state index in [9.17, 15) is 9.18 Å². The highest BCUT2D eigenvalue weighted by molar-refractivity contribution is 5.98. The summed E-state index contributed by atoms with van der Waals surface area (Å²) in [6.45, 7) is 0.587. The molecule has 1 aliphatic heterocycles. The van der Waals surface area contributed by atoms with Gasteiger partial charge in [-0.15, -0.1) is 0 Å². The fourth-order valence-electron chi connectivity index (χ4n) is 1.84. The van der Waals surface area contributed by atoms with Crippen LogP contribution in [0.3, 0.4) is 0 Å². The number of carbonyl (C=O) groups excluding carboxylic acids is 1. The minimum Gasteiger partial charge on any atom is -0.495 e. The van der Waals surface area contributed by atoms with E-state index >= 15 is 0 Å². The van der Waals surface area contributed by atoms with Crippen LogP contribution in [0.15, 0.2) is 24.3 Å². The number of anilines is 1. The summed E-state index contributed by atoms with van der Waals surface area (Å²) in [6.07, 6.45) is 0.202. The first-order valence-electron chi connectivity index (χ1n) is 5.50. The van der Waals surface area contributed by atoms with Crippen molar-refractivity contribution in [3.63, 3.8) is 0 Å². The number of alkyl halides is 1. The minimum atomic E-state index is -1.82. The van der Waals surface area contributed by atoms with Gasteiger partial charge in [0, 0.05) is 13.0 Å². The van der Waals surface area contributed by atoms with E-state index in [1.165, 1.54) is 7.11 Å². The molecule has 1 heterocycles. The second-order valence-electron chi connectivity index (χ2n) is 4.05. The van der Waals surface area contributed by atoms with Crippen molar-refractivity contribution in [3.05, 3.63) is 24.3 Å².